The predicted octanol–water partition coefficient (Wildman–Crippen LogP) is 2.35. The van der Waals surface area contributed by atoms with E-state index in [2.05, 4.69) is 10.3 Å². The normalized spacial score (nSPS) is 11.3. The SMILES string of the molecule is CNCC(=O)c1ccc2nc(C(C)C)oc2c1. The fourth-order valence-corrected chi connectivity index (χ4v) is 1.63. The lowest BCUT2D eigenvalue weighted by Gasteiger charge is -1.98. The van der Waals surface area contributed by atoms with E-state index in [-0.39, 0.29) is 11.7 Å². The lowest BCUT2D eigenvalue weighted by atomic mass is 10.1. The number of fused-ring (bicyclic) bond motifs is 1. The van der Waals surface area contributed by atoms with Crippen molar-refractivity contribution in [2.75, 3.05) is 13.6 Å². The van der Waals surface area contributed by atoms with Crippen molar-refractivity contribution in [2.24, 2.45) is 0 Å². The first-order chi connectivity index (χ1) is 8.11. The molecule has 2 rings (SSSR count). The number of aromatic nitrogens is 1. The second kappa shape index (κ2) is 4.67. The molecule has 0 fully saturated rings. The van der Waals surface area contributed by atoms with E-state index in [0.717, 1.165) is 5.52 Å². The zero-order chi connectivity index (χ0) is 12.4. The molecule has 2 aromatic rings. The molecule has 1 N–H and O–H groups in total. The van der Waals surface area contributed by atoms with Crippen molar-refractivity contribution in [3.05, 3.63) is 29.7 Å². The summed E-state index contributed by atoms with van der Waals surface area (Å²) < 4.78 is 5.61. The number of nitrogens with zero attached hydrogens (tertiary/aromatic N) is 1. The van der Waals surface area contributed by atoms with Crippen molar-refractivity contribution < 1.29 is 9.21 Å². The molecule has 0 aliphatic rings. The Morgan fingerprint density at radius 3 is 2.88 bits per heavy atom. The van der Waals surface area contributed by atoms with Crippen molar-refractivity contribution in [2.45, 2.75) is 19.8 Å². The highest BCUT2D eigenvalue weighted by atomic mass is 16.3. The summed E-state index contributed by atoms with van der Waals surface area (Å²) in [5.74, 6) is 1.01. The lowest BCUT2D eigenvalue weighted by molar-refractivity contribution is 0.0993. The van der Waals surface area contributed by atoms with Crippen LogP contribution in [0.1, 0.15) is 36.0 Å². The van der Waals surface area contributed by atoms with Crippen molar-refractivity contribution in [1.29, 1.82) is 0 Å². The molecule has 90 valence electrons. The van der Waals surface area contributed by atoms with E-state index in [0.29, 0.717) is 23.6 Å². The Kier molecular flexibility index (Phi) is 3.24. The monoisotopic (exact) mass is 232 g/mol. The third kappa shape index (κ3) is 2.36. The molecule has 4 heteroatoms. The van der Waals surface area contributed by atoms with Crippen LogP contribution in [0.2, 0.25) is 0 Å². The molecule has 0 aliphatic heterocycles. The van der Waals surface area contributed by atoms with Crippen LogP contribution in [0, 0.1) is 0 Å². The average molecular weight is 232 g/mol. The Morgan fingerprint density at radius 2 is 2.24 bits per heavy atom. The molecule has 0 amide bonds. The minimum Gasteiger partial charge on any atom is -0.440 e. The number of Topliss-reactive ketones (excluding diaryl/α,β-unsaturated/α-hetero) is 1. The fraction of sp³-hybridized carbons (Fsp3) is 0.385. The standard InChI is InChI=1S/C13H16N2O2/c1-8(2)13-15-10-5-4-9(6-12(10)17-13)11(16)7-14-3/h4-6,8,14H,7H2,1-3H3. The number of ketones is 1. The van der Waals surface area contributed by atoms with Crippen LogP contribution in [0.5, 0.6) is 0 Å². The molecule has 0 unspecified atom stereocenters. The number of nitrogens with one attached hydrogen (secondary N) is 1. The van der Waals surface area contributed by atoms with E-state index in [9.17, 15) is 4.79 Å². The van der Waals surface area contributed by atoms with Gasteiger partial charge in [-0.2, -0.15) is 0 Å². The largest absolute Gasteiger partial charge is 0.440 e. The Balaban J connectivity index is 2.40. The van der Waals surface area contributed by atoms with E-state index >= 15 is 0 Å². The summed E-state index contributed by atoms with van der Waals surface area (Å²) >= 11 is 0. The van der Waals surface area contributed by atoms with Crippen LogP contribution in [0.4, 0.5) is 0 Å². The van der Waals surface area contributed by atoms with Crippen molar-refractivity contribution in [1.82, 2.24) is 10.3 Å². The molecule has 1 heterocycles. The average Bonchev–Trinajstić information content (AvgIpc) is 2.71. The highest BCUT2D eigenvalue weighted by Gasteiger charge is 2.11. The molecule has 1 aromatic heterocycles. The topological polar surface area (TPSA) is 55.1 Å². The summed E-state index contributed by atoms with van der Waals surface area (Å²) in [6, 6.07) is 5.37. The van der Waals surface area contributed by atoms with Gasteiger partial charge in [0.25, 0.3) is 0 Å². The van der Waals surface area contributed by atoms with Gasteiger partial charge in [0.15, 0.2) is 17.3 Å². The third-order valence-electron chi connectivity index (χ3n) is 2.56. The van der Waals surface area contributed by atoms with Gasteiger partial charge in [0.05, 0.1) is 6.54 Å². The quantitative estimate of drug-likeness (QED) is 0.822. The Morgan fingerprint density at radius 1 is 1.47 bits per heavy atom. The van der Waals surface area contributed by atoms with Gasteiger partial charge in [0.2, 0.25) is 0 Å². The second-order valence-electron chi connectivity index (χ2n) is 4.34. The van der Waals surface area contributed by atoms with Crippen molar-refractivity contribution in [3.63, 3.8) is 0 Å². The highest BCUT2D eigenvalue weighted by Crippen LogP contribution is 2.22. The molecular formula is C13H16N2O2. The molecule has 0 bridgehead atoms. The van der Waals surface area contributed by atoms with Crippen LogP contribution in [0.15, 0.2) is 22.6 Å². The van der Waals surface area contributed by atoms with E-state index < -0.39 is 0 Å². The van der Waals surface area contributed by atoms with Crippen LogP contribution < -0.4 is 5.32 Å². The first-order valence-corrected chi connectivity index (χ1v) is 5.70. The first-order valence-electron chi connectivity index (χ1n) is 5.70. The number of hydrogen-bond donors (Lipinski definition) is 1. The van der Waals surface area contributed by atoms with Crippen LogP contribution in [0.3, 0.4) is 0 Å². The number of carbonyl (C=O) groups excluding carboxylic acids is 1. The number of benzene rings is 1. The molecule has 0 atom stereocenters. The van der Waals surface area contributed by atoms with E-state index in [1.807, 2.05) is 19.9 Å². The Labute approximate surface area is 100 Å². The van der Waals surface area contributed by atoms with Crippen molar-refractivity contribution in [3.8, 4) is 0 Å². The van der Waals surface area contributed by atoms with Crippen molar-refractivity contribution >= 4 is 16.9 Å². The van der Waals surface area contributed by atoms with E-state index in [4.69, 9.17) is 4.42 Å². The molecule has 0 saturated heterocycles. The fourth-order valence-electron chi connectivity index (χ4n) is 1.63. The molecule has 0 spiro atoms. The van der Waals surface area contributed by atoms with Crippen LogP contribution in [0.25, 0.3) is 11.1 Å². The number of carbonyl (C=O) groups is 1. The van der Waals surface area contributed by atoms with Crippen LogP contribution in [-0.4, -0.2) is 24.4 Å². The number of oxazole rings is 1. The summed E-state index contributed by atoms with van der Waals surface area (Å²) in [7, 11) is 1.75. The molecular weight excluding hydrogens is 216 g/mol. The minimum absolute atomic E-state index is 0.0527. The maximum Gasteiger partial charge on any atom is 0.198 e. The number of rotatable bonds is 4. The highest BCUT2D eigenvalue weighted by molar-refractivity contribution is 5.99. The van der Waals surface area contributed by atoms with Gasteiger partial charge in [-0.05, 0) is 25.2 Å². The predicted molar refractivity (Wildman–Crippen MR) is 66.4 cm³/mol. The molecule has 0 saturated carbocycles. The molecule has 0 aliphatic carbocycles. The summed E-state index contributed by atoms with van der Waals surface area (Å²) in [6.45, 7) is 4.38. The minimum atomic E-state index is 0.0527. The Hall–Kier alpha value is -1.68. The smallest absolute Gasteiger partial charge is 0.198 e. The van der Waals surface area contributed by atoms with E-state index in [1.165, 1.54) is 0 Å². The van der Waals surface area contributed by atoms with Gasteiger partial charge in [0, 0.05) is 11.5 Å². The van der Waals surface area contributed by atoms with Gasteiger partial charge in [-0.1, -0.05) is 13.8 Å². The summed E-state index contributed by atoms with van der Waals surface area (Å²) in [4.78, 5) is 16.1. The third-order valence-corrected chi connectivity index (χ3v) is 2.56. The molecule has 4 nitrogen and oxygen atoms in total. The molecule has 0 radical (unpaired) electrons. The zero-order valence-electron chi connectivity index (χ0n) is 10.3. The second-order valence-corrected chi connectivity index (χ2v) is 4.34. The van der Waals surface area contributed by atoms with Crippen LogP contribution >= 0.6 is 0 Å². The van der Waals surface area contributed by atoms with Gasteiger partial charge in [-0.3, -0.25) is 4.79 Å². The first kappa shape index (κ1) is 11.8. The van der Waals surface area contributed by atoms with Gasteiger partial charge in [-0.15, -0.1) is 0 Å². The molecule has 17 heavy (non-hydrogen) atoms. The lowest BCUT2D eigenvalue weighted by Crippen LogP contribution is -2.18. The summed E-state index contributed by atoms with van der Waals surface area (Å²) in [6.07, 6.45) is 0. The van der Waals surface area contributed by atoms with E-state index in [1.54, 1.807) is 19.2 Å². The summed E-state index contributed by atoms with van der Waals surface area (Å²) in [5, 5.41) is 2.84. The van der Waals surface area contributed by atoms with Gasteiger partial charge < -0.3 is 9.73 Å². The summed E-state index contributed by atoms with van der Waals surface area (Å²) in [5.41, 5.74) is 2.13. The van der Waals surface area contributed by atoms with Crippen LogP contribution in [-0.2, 0) is 0 Å². The Bertz CT molecular complexity index is 543. The maximum absolute atomic E-state index is 11.7. The zero-order valence-corrected chi connectivity index (χ0v) is 10.3. The number of hydrogen-bond acceptors (Lipinski definition) is 4. The maximum atomic E-state index is 11.7. The molecule has 1 aromatic carbocycles. The number of likely N-dealkylation sites (N-methyl/N-ethyl adjacent to an activating group) is 1. The van der Waals surface area contributed by atoms with Gasteiger partial charge >= 0.3 is 0 Å². The van der Waals surface area contributed by atoms with Gasteiger partial charge in [0.1, 0.15) is 5.52 Å². The van der Waals surface area contributed by atoms with Gasteiger partial charge in [-0.25, -0.2) is 4.98 Å².